The normalized spacial score (nSPS) is 9.85. The van der Waals surface area contributed by atoms with E-state index in [-0.39, 0.29) is 5.78 Å². The van der Waals surface area contributed by atoms with E-state index in [1.165, 1.54) is 6.92 Å². The van der Waals surface area contributed by atoms with Crippen molar-refractivity contribution in [3.8, 4) is 6.07 Å². The van der Waals surface area contributed by atoms with Crippen LogP contribution in [0.3, 0.4) is 0 Å². The van der Waals surface area contributed by atoms with E-state index >= 15 is 0 Å². The van der Waals surface area contributed by atoms with Crippen molar-refractivity contribution in [1.82, 2.24) is 0 Å². The molecule has 0 atom stereocenters. The molecule has 2 aromatic carbocycles. The van der Waals surface area contributed by atoms with Crippen molar-refractivity contribution in [2.75, 3.05) is 11.1 Å². The van der Waals surface area contributed by atoms with Gasteiger partial charge in [-0.15, -0.1) is 0 Å². The molecular formula is C15H12ClN3O. The van der Waals surface area contributed by atoms with E-state index in [2.05, 4.69) is 11.4 Å². The van der Waals surface area contributed by atoms with Crippen LogP contribution in [0.1, 0.15) is 22.8 Å². The van der Waals surface area contributed by atoms with Crippen molar-refractivity contribution in [2.24, 2.45) is 0 Å². The monoisotopic (exact) mass is 285 g/mol. The van der Waals surface area contributed by atoms with Crippen LogP contribution in [0, 0.1) is 11.3 Å². The molecule has 100 valence electrons. The maximum absolute atomic E-state index is 11.5. The topological polar surface area (TPSA) is 78.9 Å². The van der Waals surface area contributed by atoms with Crippen molar-refractivity contribution in [1.29, 1.82) is 5.26 Å². The number of nitrogens with two attached hydrogens (primary N) is 1. The number of nitrogen functional groups attached to an aromatic ring is 1. The van der Waals surface area contributed by atoms with Gasteiger partial charge in [0.05, 0.1) is 11.3 Å². The van der Waals surface area contributed by atoms with E-state index in [1.807, 2.05) is 0 Å². The first-order valence-corrected chi connectivity index (χ1v) is 6.26. The van der Waals surface area contributed by atoms with Crippen molar-refractivity contribution >= 4 is 34.4 Å². The van der Waals surface area contributed by atoms with E-state index in [0.717, 1.165) is 0 Å². The predicted molar refractivity (Wildman–Crippen MR) is 80.3 cm³/mol. The molecule has 0 aromatic heterocycles. The van der Waals surface area contributed by atoms with Crippen LogP contribution in [-0.2, 0) is 0 Å². The number of nitrogens with one attached hydrogen (secondary N) is 1. The Morgan fingerprint density at radius 1 is 1.30 bits per heavy atom. The summed E-state index contributed by atoms with van der Waals surface area (Å²) in [5.74, 6) is -0.113. The minimum atomic E-state index is -0.113. The van der Waals surface area contributed by atoms with Gasteiger partial charge in [-0.25, -0.2) is 0 Å². The molecule has 0 unspecified atom stereocenters. The van der Waals surface area contributed by atoms with Crippen molar-refractivity contribution in [2.45, 2.75) is 6.92 Å². The fraction of sp³-hybridized carbons (Fsp3) is 0.0667. The number of Topliss-reactive ketones (excluding diaryl/α,β-unsaturated/α-hetero) is 1. The lowest BCUT2D eigenvalue weighted by Gasteiger charge is -2.11. The van der Waals surface area contributed by atoms with Gasteiger partial charge in [0.15, 0.2) is 5.78 Å². The first kappa shape index (κ1) is 13.9. The molecule has 2 rings (SSSR count). The summed E-state index contributed by atoms with van der Waals surface area (Å²) in [6, 6.07) is 12.1. The lowest BCUT2D eigenvalue weighted by Crippen LogP contribution is -2.01. The number of hydrogen-bond acceptors (Lipinski definition) is 4. The highest BCUT2D eigenvalue weighted by Gasteiger charge is 2.08. The molecule has 0 radical (unpaired) electrons. The van der Waals surface area contributed by atoms with Gasteiger partial charge in [-0.05, 0) is 43.3 Å². The lowest BCUT2D eigenvalue weighted by molar-refractivity contribution is 0.101. The van der Waals surface area contributed by atoms with Gasteiger partial charge in [0, 0.05) is 22.0 Å². The molecule has 0 saturated heterocycles. The maximum Gasteiger partial charge on any atom is 0.161 e. The quantitative estimate of drug-likeness (QED) is 0.665. The van der Waals surface area contributed by atoms with Crippen LogP contribution in [-0.4, -0.2) is 5.78 Å². The van der Waals surface area contributed by atoms with Crippen LogP contribution >= 0.6 is 11.6 Å². The summed E-state index contributed by atoms with van der Waals surface area (Å²) in [5, 5.41) is 12.7. The molecule has 5 heteroatoms. The zero-order valence-corrected chi connectivity index (χ0v) is 11.5. The summed E-state index contributed by atoms with van der Waals surface area (Å²) in [6.45, 7) is 1.45. The summed E-state index contributed by atoms with van der Waals surface area (Å²) < 4.78 is 0. The van der Waals surface area contributed by atoms with Gasteiger partial charge in [-0.2, -0.15) is 5.26 Å². The standard InChI is InChI=1S/C15H12ClN3O/c1-9(20)13-7-12(4-5-14(13)18)19-15-6-11(16)3-2-10(15)8-17/h2-7,19H,18H2,1H3. The minimum absolute atomic E-state index is 0.113. The molecule has 0 aliphatic rings. The number of ketones is 1. The first-order chi connectivity index (χ1) is 9.51. The van der Waals surface area contributed by atoms with E-state index in [4.69, 9.17) is 22.6 Å². The summed E-state index contributed by atoms with van der Waals surface area (Å²) in [4.78, 5) is 11.5. The Morgan fingerprint density at radius 3 is 2.70 bits per heavy atom. The minimum Gasteiger partial charge on any atom is -0.398 e. The third-order valence-corrected chi connectivity index (χ3v) is 3.05. The van der Waals surface area contributed by atoms with Crippen LogP contribution in [0.5, 0.6) is 0 Å². The second kappa shape index (κ2) is 5.64. The van der Waals surface area contributed by atoms with E-state index in [0.29, 0.717) is 33.2 Å². The van der Waals surface area contributed by atoms with Gasteiger partial charge in [-0.3, -0.25) is 4.79 Å². The number of anilines is 3. The Balaban J connectivity index is 2.40. The summed E-state index contributed by atoms with van der Waals surface area (Å²) in [5.41, 5.74) is 8.33. The lowest BCUT2D eigenvalue weighted by atomic mass is 10.1. The number of nitriles is 1. The van der Waals surface area contributed by atoms with Crippen LogP contribution in [0.2, 0.25) is 5.02 Å². The molecule has 0 aliphatic carbocycles. The zero-order chi connectivity index (χ0) is 14.7. The van der Waals surface area contributed by atoms with Gasteiger partial charge >= 0.3 is 0 Å². The largest absolute Gasteiger partial charge is 0.398 e. The second-order valence-corrected chi connectivity index (χ2v) is 4.72. The number of nitrogens with zero attached hydrogens (tertiary/aromatic N) is 1. The van der Waals surface area contributed by atoms with Crippen LogP contribution in [0.25, 0.3) is 0 Å². The Labute approximate surface area is 121 Å². The van der Waals surface area contributed by atoms with Gasteiger partial charge < -0.3 is 11.1 Å². The Kier molecular flexibility index (Phi) is 3.92. The molecule has 0 fully saturated rings. The average molecular weight is 286 g/mol. The number of hydrogen-bond donors (Lipinski definition) is 2. The number of carbonyl (C=O) groups excluding carboxylic acids is 1. The highest BCUT2D eigenvalue weighted by Crippen LogP contribution is 2.26. The molecule has 4 nitrogen and oxygen atoms in total. The molecular weight excluding hydrogens is 274 g/mol. The summed E-state index contributed by atoms with van der Waals surface area (Å²) >= 11 is 5.92. The van der Waals surface area contributed by atoms with Crippen molar-refractivity contribution in [3.63, 3.8) is 0 Å². The molecule has 0 heterocycles. The van der Waals surface area contributed by atoms with Gasteiger partial charge in [0.25, 0.3) is 0 Å². The zero-order valence-electron chi connectivity index (χ0n) is 10.8. The van der Waals surface area contributed by atoms with Crippen molar-refractivity contribution < 1.29 is 4.79 Å². The Hall–Kier alpha value is -2.51. The second-order valence-electron chi connectivity index (χ2n) is 4.28. The number of halogens is 1. The van der Waals surface area contributed by atoms with Crippen LogP contribution < -0.4 is 11.1 Å². The Morgan fingerprint density at radius 2 is 2.05 bits per heavy atom. The SMILES string of the molecule is CC(=O)c1cc(Nc2cc(Cl)ccc2C#N)ccc1N. The Bertz CT molecular complexity index is 720. The third-order valence-electron chi connectivity index (χ3n) is 2.81. The molecule has 2 aromatic rings. The van der Waals surface area contributed by atoms with Gasteiger partial charge in [-0.1, -0.05) is 11.6 Å². The summed E-state index contributed by atoms with van der Waals surface area (Å²) in [6.07, 6.45) is 0. The van der Waals surface area contributed by atoms with Crippen LogP contribution in [0.4, 0.5) is 17.1 Å². The molecule has 0 spiro atoms. The predicted octanol–water partition coefficient (Wildman–Crippen LogP) is 3.74. The van der Waals surface area contributed by atoms with E-state index in [9.17, 15) is 4.79 Å². The highest BCUT2D eigenvalue weighted by molar-refractivity contribution is 6.30. The average Bonchev–Trinajstić information content (AvgIpc) is 2.41. The number of rotatable bonds is 3. The van der Waals surface area contributed by atoms with E-state index in [1.54, 1.807) is 36.4 Å². The van der Waals surface area contributed by atoms with E-state index < -0.39 is 0 Å². The number of benzene rings is 2. The number of carbonyl (C=O) groups is 1. The fourth-order valence-electron chi connectivity index (χ4n) is 1.81. The van der Waals surface area contributed by atoms with Gasteiger partial charge in [0.1, 0.15) is 6.07 Å². The smallest absolute Gasteiger partial charge is 0.161 e. The molecule has 0 bridgehead atoms. The first-order valence-electron chi connectivity index (χ1n) is 5.88. The van der Waals surface area contributed by atoms with Crippen molar-refractivity contribution in [3.05, 3.63) is 52.5 Å². The maximum atomic E-state index is 11.5. The molecule has 0 saturated carbocycles. The van der Waals surface area contributed by atoms with Crippen LogP contribution in [0.15, 0.2) is 36.4 Å². The molecule has 0 aliphatic heterocycles. The highest BCUT2D eigenvalue weighted by atomic mass is 35.5. The van der Waals surface area contributed by atoms with Gasteiger partial charge in [0.2, 0.25) is 0 Å². The summed E-state index contributed by atoms with van der Waals surface area (Å²) in [7, 11) is 0. The molecule has 0 amide bonds. The molecule has 20 heavy (non-hydrogen) atoms. The fourth-order valence-corrected chi connectivity index (χ4v) is 1.98. The third kappa shape index (κ3) is 2.90. The molecule has 3 N–H and O–H groups in total.